The van der Waals surface area contributed by atoms with Gasteiger partial charge in [-0.25, -0.2) is 0 Å². The standard InChI is InChI=1S/C8H14O.C2H6.CH4.2CH3.B.W.Y/c1-4-5-7(2)6-8(3)9;1-2;;;;;;/h5,7H,2,4,6H2,1,3H3;1-2H3;1H4;2*1H3;;;/q-2;;;2*-1;;+2;. The molecule has 0 fully saturated rings. The van der Waals surface area contributed by atoms with Crippen molar-refractivity contribution in [3.63, 3.8) is 0 Å². The molecule has 0 aromatic rings. The van der Waals surface area contributed by atoms with Crippen LogP contribution in [-0.2, 0) is 58.6 Å². The number of Topliss-reactive ketones (excluding diaryl/α,β-unsaturated/α-hetero) is 1. The summed E-state index contributed by atoms with van der Waals surface area (Å²) in [5, 5.41) is 0. The van der Waals surface area contributed by atoms with Crippen molar-refractivity contribution in [3.05, 3.63) is 28.2 Å². The Bertz CT molecular complexity index is 103. The summed E-state index contributed by atoms with van der Waals surface area (Å²) in [6, 6.07) is 0. The largest absolute Gasteiger partial charge is 2.00 e. The van der Waals surface area contributed by atoms with Crippen LogP contribution in [0.25, 0.3) is 0 Å². The van der Waals surface area contributed by atoms with Crippen LogP contribution < -0.4 is 0 Å². The van der Waals surface area contributed by atoms with Gasteiger partial charge in [-0.2, -0.15) is 6.42 Å². The molecule has 0 rings (SSSR count). The third kappa shape index (κ3) is 58.1. The second-order valence-electron chi connectivity index (χ2n) is 2.31. The van der Waals surface area contributed by atoms with Gasteiger partial charge in [-0.05, 0) is 13.3 Å². The molecule has 1 nitrogen and oxygen atoms in total. The molecule has 0 aliphatic heterocycles. The minimum atomic E-state index is 0. The summed E-state index contributed by atoms with van der Waals surface area (Å²) in [6.07, 6.45) is 3.65. The summed E-state index contributed by atoms with van der Waals surface area (Å²) in [5.74, 6) is 0.437. The minimum absolute atomic E-state index is 0. The van der Waals surface area contributed by atoms with Gasteiger partial charge in [0.05, 0.1) is 0 Å². The van der Waals surface area contributed by atoms with Crippen molar-refractivity contribution in [1.82, 2.24) is 0 Å². The van der Waals surface area contributed by atoms with Crippen molar-refractivity contribution in [1.29, 1.82) is 0 Å². The zero-order chi connectivity index (χ0) is 9.28. The van der Waals surface area contributed by atoms with Gasteiger partial charge in [-0.15, -0.1) is 0 Å². The van der Waals surface area contributed by atoms with E-state index in [4.69, 9.17) is 0 Å². The molecule has 0 aromatic heterocycles. The van der Waals surface area contributed by atoms with E-state index in [1.807, 2.05) is 13.8 Å². The fourth-order valence-electron chi connectivity index (χ4n) is 0.786. The number of hydrogen-bond acceptors (Lipinski definition) is 1. The third-order valence-corrected chi connectivity index (χ3v) is 1.12. The van der Waals surface area contributed by atoms with E-state index in [-0.39, 0.29) is 96.2 Å². The average molecular weight is 486 g/mol. The van der Waals surface area contributed by atoms with Crippen molar-refractivity contribution >= 4 is 14.2 Å². The Balaban J connectivity index is -0.0000000160. The molecule has 0 heterocycles. The molecule has 0 spiro atoms. The predicted octanol–water partition coefficient (Wildman–Crippen LogP) is 4.21. The van der Waals surface area contributed by atoms with Crippen LogP contribution in [0.1, 0.15) is 48.0 Å². The van der Waals surface area contributed by atoms with E-state index in [9.17, 15) is 4.79 Å². The second kappa shape index (κ2) is 43.2. The van der Waals surface area contributed by atoms with E-state index in [2.05, 4.69) is 20.3 Å². The molecule has 0 aromatic carbocycles. The van der Waals surface area contributed by atoms with Crippen LogP contribution in [-0.4, -0.2) is 14.2 Å². The minimum Gasteiger partial charge on any atom is -0.369 e. The number of carbonyl (C=O) groups is 1. The molecule has 17 heavy (non-hydrogen) atoms. The molecular formula is C13H30BOWY-2. The van der Waals surface area contributed by atoms with Crippen molar-refractivity contribution in [2.24, 2.45) is 5.92 Å². The quantitative estimate of drug-likeness (QED) is 0.431. The molecule has 0 amide bonds. The van der Waals surface area contributed by atoms with Gasteiger partial charge in [0.25, 0.3) is 0 Å². The molecule has 0 aliphatic carbocycles. The topological polar surface area (TPSA) is 17.1 Å². The first-order valence-electron chi connectivity index (χ1n) is 4.32. The molecule has 0 N–H and O–H groups in total. The second-order valence-corrected chi connectivity index (χ2v) is 2.31. The summed E-state index contributed by atoms with van der Waals surface area (Å²) in [7, 11) is 0. The summed E-state index contributed by atoms with van der Waals surface area (Å²) in [6.45, 7) is 11.4. The van der Waals surface area contributed by atoms with Crippen LogP contribution in [0.5, 0.6) is 0 Å². The van der Waals surface area contributed by atoms with Crippen LogP contribution in [0, 0.1) is 34.1 Å². The van der Waals surface area contributed by atoms with Crippen LogP contribution >= 0.6 is 0 Å². The molecule has 0 aliphatic rings. The average Bonchev–Trinajstić information content (AvgIpc) is 1.91. The summed E-state index contributed by atoms with van der Waals surface area (Å²) < 4.78 is 0. The van der Waals surface area contributed by atoms with Crippen molar-refractivity contribution in [3.8, 4) is 0 Å². The SMILES string of the molecule is C.CC.[B].[CH2-]C([CH-]CC)CC(C)=O.[CH3-].[CH3-].[W+2].[Y]. The maximum Gasteiger partial charge on any atom is 2.00 e. The van der Waals surface area contributed by atoms with Crippen LogP contribution in [0.3, 0.4) is 0 Å². The third-order valence-electron chi connectivity index (χ3n) is 1.12. The summed E-state index contributed by atoms with van der Waals surface area (Å²) in [4.78, 5) is 10.5. The fourth-order valence-corrected chi connectivity index (χ4v) is 0.786. The van der Waals surface area contributed by atoms with Gasteiger partial charge >= 0.3 is 21.1 Å². The smallest absolute Gasteiger partial charge is 0.369 e. The predicted molar refractivity (Wildman–Crippen MR) is 75.4 cm³/mol. The Morgan fingerprint density at radius 2 is 1.59 bits per heavy atom. The van der Waals surface area contributed by atoms with Crippen molar-refractivity contribution < 1.29 is 58.6 Å². The number of ketones is 1. The number of carbonyl (C=O) groups excluding carboxylic acids is 1. The molecule has 1 atom stereocenters. The first kappa shape index (κ1) is 51.4. The van der Waals surface area contributed by atoms with Gasteiger partial charge in [0.2, 0.25) is 0 Å². The van der Waals surface area contributed by atoms with Gasteiger partial charge in [0.15, 0.2) is 0 Å². The van der Waals surface area contributed by atoms with Crippen molar-refractivity contribution in [2.45, 2.75) is 48.0 Å². The van der Waals surface area contributed by atoms with E-state index in [1.54, 1.807) is 6.92 Å². The maximum atomic E-state index is 10.5. The van der Waals surface area contributed by atoms with Crippen LogP contribution in [0.15, 0.2) is 0 Å². The molecule has 102 valence electrons. The van der Waals surface area contributed by atoms with E-state index in [1.165, 1.54) is 0 Å². The Hall–Kier alpha value is 1.53. The molecule has 0 saturated carbocycles. The van der Waals surface area contributed by atoms with E-state index >= 15 is 0 Å². The summed E-state index contributed by atoms with van der Waals surface area (Å²) in [5.41, 5.74) is 0. The molecule has 0 bridgehead atoms. The van der Waals surface area contributed by atoms with Crippen LogP contribution in [0.4, 0.5) is 0 Å². The van der Waals surface area contributed by atoms with Crippen LogP contribution in [0.2, 0.25) is 0 Å². The molecule has 0 saturated heterocycles. The zero-order valence-corrected chi connectivity index (χ0v) is 17.5. The molecule has 4 radical (unpaired) electrons. The van der Waals surface area contributed by atoms with Gasteiger partial charge in [0, 0.05) is 41.1 Å². The zero-order valence-electron chi connectivity index (χ0n) is 11.7. The maximum absolute atomic E-state index is 10.5. The van der Waals surface area contributed by atoms with Gasteiger partial charge in [-0.1, -0.05) is 28.2 Å². The first-order valence-corrected chi connectivity index (χ1v) is 4.32. The normalized spacial score (nSPS) is 7.35. The van der Waals surface area contributed by atoms with Gasteiger partial charge in [-0.3, -0.25) is 5.92 Å². The van der Waals surface area contributed by atoms with Gasteiger partial charge < -0.3 is 33.0 Å². The molecule has 4 heteroatoms. The van der Waals surface area contributed by atoms with E-state index in [0.717, 1.165) is 6.42 Å². The monoisotopic (exact) mass is 486 g/mol. The Morgan fingerprint density at radius 3 is 1.76 bits per heavy atom. The number of hydrogen-bond donors (Lipinski definition) is 0. The Morgan fingerprint density at radius 1 is 1.29 bits per heavy atom. The Kier molecular flexibility index (Phi) is 131. The first-order chi connectivity index (χ1) is 5.16. The number of rotatable bonds is 4. The summed E-state index contributed by atoms with van der Waals surface area (Å²) >= 11 is 0. The van der Waals surface area contributed by atoms with E-state index in [0.29, 0.717) is 6.42 Å². The molecular weight excluding hydrogens is 456 g/mol. The van der Waals surface area contributed by atoms with Crippen molar-refractivity contribution in [2.75, 3.05) is 0 Å². The van der Waals surface area contributed by atoms with E-state index < -0.39 is 0 Å². The Labute approximate surface area is 153 Å². The fraction of sp³-hybridized carbons (Fsp3) is 0.615. The van der Waals surface area contributed by atoms with Gasteiger partial charge in [0.1, 0.15) is 5.78 Å². The molecule has 1 unspecified atom stereocenters.